The number of carbonyl (C=O) groups is 1. The maximum absolute atomic E-state index is 12.3. The van der Waals surface area contributed by atoms with Crippen LogP contribution < -0.4 is 9.47 Å². The number of ether oxygens (including phenoxy) is 3. The molecule has 0 unspecified atom stereocenters. The second kappa shape index (κ2) is 10.3. The summed E-state index contributed by atoms with van der Waals surface area (Å²) in [6, 6.07) is 4.95. The van der Waals surface area contributed by atoms with Gasteiger partial charge in [0.15, 0.2) is 12.6 Å². The van der Waals surface area contributed by atoms with Gasteiger partial charge in [0.1, 0.15) is 17.2 Å². The third-order valence-corrected chi connectivity index (χ3v) is 4.00. The van der Waals surface area contributed by atoms with Crippen molar-refractivity contribution in [2.75, 3.05) is 21.0 Å². The summed E-state index contributed by atoms with van der Waals surface area (Å²) in [5, 5.41) is 10.9. The fraction of sp³-hybridized carbons (Fsp3) is 0.273. The van der Waals surface area contributed by atoms with Gasteiger partial charge in [-0.1, -0.05) is 11.6 Å². The lowest BCUT2D eigenvalue weighted by molar-refractivity contribution is 0.0502. The average Bonchev–Trinajstić information content (AvgIpc) is 2.70. The van der Waals surface area contributed by atoms with Gasteiger partial charge in [-0.2, -0.15) is 0 Å². The largest absolute Gasteiger partial charge is 0.507 e. The van der Waals surface area contributed by atoms with Crippen molar-refractivity contribution in [2.24, 2.45) is 0 Å². The molecular formula is C22H25NO5. The van der Waals surface area contributed by atoms with Crippen LogP contribution in [0.4, 0.5) is 0 Å². The maximum atomic E-state index is 12.3. The Balaban J connectivity index is 2.47. The Morgan fingerprint density at radius 3 is 2.50 bits per heavy atom. The molecule has 0 saturated carbocycles. The van der Waals surface area contributed by atoms with Crippen molar-refractivity contribution in [1.82, 2.24) is 4.98 Å². The molecule has 0 aliphatic heterocycles. The molecule has 0 radical (unpaired) electrons. The van der Waals surface area contributed by atoms with Crippen molar-refractivity contribution in [3.63, 3.8) is 0 Å². The minimum absolute atomic E-state index is 0.00160. The predicted octanol–water partition coefficient (Wildman–Crippen LogP) is 4.18. The minimum Gasteiger partial charge on any atom is -0.507 e. The van der Waals surface area contributed by atoms with E-state index in [0.717, 1.165) is 5.57 Å². The topological polar surface area (TPSA) is 77.9 Å². The molecule has 0 fully saturated rings. The zero-order valence-corrected chi connectivity index (χ0v) is 16.6. The highest BCUT2D eigenvalue weighted by Gasteiger charge is 2.18. The second-order valence-electron chi connectivity index (χ2n) is 6.29. The highest BCUT2D eigenvalue weighted by atomic mass is 16.7. The van der Waals surface area contributed by atoms with Crippen LogP contribution >= 0.6 is 0 Å². The Hall–Kier alpha value is -3.12. The second-order valence-corrected chi connectivity index (χ2v) is 6.29. The number of ketones is 1. The molecule has 148 valence electrons. The van der Waals surface area contributed by atoms with E-state index in [1.807, 2.05) is 19.9 Å². The van der Waals surface area contributed by atoms with Gasteiger partial charge < -0.3 is 19.3 Å². The molecule has 0 aliphatic carbocycles. The van der Waals surface area contributed by atoms with Gasteiger partial charge in [-0.15, -0.1) is 0 Å². The van der Waals surface area contributed by atoms with Crippen LogP contribution in [0.2, 0.25) is 0 Å². The van der Waals surface area contributed by atoms with Crippen LogP contribution in [0.1, 0.15) is 35.3 Å². The number of carbonyl (C=O) groups excluding carboxylic acids is 1. The van der Waals surface area contributed by atoms with Crippen molar-refractivity contribution in [2.45, 2.75) is 20.3 Å². The van der Waals surface area contributed by atoms with Crippen LogP contribution in [0, 0.1) is 0 Å². The molecule has 0 aliphatic rings. The summed E-state index contributed by atoms with van der Waals surface area (Å²) in [4.78, 5) is 16.3. The number of nitrogens with zero attached hydrogens (tertiary/aromatic N) is 1. The lowest BCUT2D eigenvalue weighted by Gasteiger charge is -2.16. The van der Waals surface area contributed by atoms with Crippen LogP contribution in [0.25, 0.3) is 6.08 Å². The van der Waals surface area contributed by atoms with Gasteiger partial charge in [-0.05, 0) is 44.6 Å². The summed E-state index contributed by atoms with van der Waals surface area (Å²) in [5.41, 5.74) is 2.62. The maximum Gasteiger partial charge on any atom is 0.188 e. The van der Waals surface area contributed by atoms with E-state index in [-0.39, 0.29) is 18.3 Å². The number of aromatic nitrogens is 1. The first-order chi connectivity index (χ1) is 13.5. The van der Waals surface area contributed by atoms with Gasteiger partial charge in [0.25, 0.3) is 0 Å². The Morgan fingerprint density at radius 1 is 1.18 bits per heavy atom. The Kier molecular flexibility index (Phi) is 7.77. The molecule has 2 rings (SSSR count). The summed E-state index contributed by atoms with van der Waals surface area (Å²) in [5.74, 6) is 0.658. The third-order valence-electron chi connectivity index (χ3n) is 4.00. The molecule has 0 amide bonds. The molecule has 0 bridgehead atoms. The molecule has 2 aromatic rings. The molecule has 0 saturated heterocycles. The van der Waals surface area contributed by atoms with Crippen molar-refractivity contribution >= 4 is 11.9 Å². The SMILES string of the molecule is COCOc1cc(OC)c(C=CC(=O)c2ccncc2)c(O)c1CC=C(C)C. The number of pyridine rings is 1. The predicted molar refractivity (Wildman–Crippen MR) is 108 cm³/mol. The van der Waals surface area contributed by atoms with Gasteiger partial charge in [0, 0.05) is 36.7 Å². The van der Waals surface area contributed by atoms with Crippen molar-refractivity contribution in [1.29, 1.82) is 0 Å². The quantitative estimate of drug-likeness (QED) is 0.303. The average molecular weight is 383 g/mol. The summed E-state index contributed by atoms with van der Waals surface area (Å²) in [6.07, 6.45) is 8.50. The third kappa shape index (κ3) is 5.44. The summed E-state index contributed by atoms with van der Waals surface area (Å²) >= 11 is 0. The first kappa shape index (κ1) is 21.2. The summed E-state index contributed by atoms with van der Waals surface area (Å²) in [6.45, 7) is 4.00. The van der Waals surface area contributed by atoms with Crippen LogP contribution in [0.3, 0.4) is 0 Å². The van der Waals surface area contributed by atoms with Crippen LogP contribution in [-0.4, -0.2) is 36.9 Å². The number of aromatic hydroxyl groups is 1. The molecular weight excluding hydrogens is 358 g/mol. The van der Waals surface area contributed by atoms with Gasteiger partial charge in [-0.3, -0.25) is 9.78 Å². The fourth-order valence-corrected chi connectivity index (χ4v) is 2.54. The number of methoxy groups -OCH3 is 2. The van der Waals surface area contributed by atoms with Gasteiger partial charge in [0.2, 0.25) is 0 Å². The molecule has 1 N–H and O–H groups in total. The number of benzene rings is 1. The molecule has 1 aromatic heterocycles. The molecule has 6 nitrogen and oxygen atoms in total. The van der Waals surface area contributed by atoms with Crippen LogP contribution in [0.5, 0.6) is 17.2 Å². The van der Waals surface area contributed by atoms with E-state index in [1.165, 1.54) is 20.3 Å². The van der Waals surface area contributed by atoms with E-state index >= 15 is 0 Å². The molecule has 0 atom stereocenters. The lowest BCUT2D eigenvalue weighted by Crippen LogP contribution is -2.04. The molecule has 1 heterocycles. The number of hydrogen-bond donors (Lipinski definition) is 1. The standard InChI is InChI=1S/C22H25NO5/c1-15(2)5-6-18-21(28-14-26-3)13-20(27-4)17(22(18)25)7-8-19(24)16-9-11-23-12-10-16/h5,7-13,25H,6,14H2,1-4H3. The van der Waals surface area contributed by atoms with Crippen molar-refractivity contribution < 1.29 is 24.1 Å². The number of hydrogen-bond acceptors (Lipinski definition) is 6. The van der Waals surface area contributed by atoms with E-state index in [2.05, 4.69) is 4.98 Å². The fourth-order valence-electron chi connectivity index (χ4n) is 2.54. The van der Waals surface area contributed by atoms with Crippen LogP contribution in [0.15, 0.2) is 48.3 Å². The number of rotatable bonds is 9. The lowest BCUT2D eigenvalue weighted by atomic mass is 10.0. The Bertz CT molecular complexity index is 868. The number of phenols is 1. The molecule has 6 heteroatoms. The smallest absolute Gasteiger partial charge is 0.188 e. The first-order valence-corrected chi connectivity index (χ1v) is 8.78. The van der Waals surface area contributed by atoms with E-state index in [9.17, 15) is 9.90 Å². The Morgan fingerprint density at radius 2 is 1.89 bits per heavy atom. The number of phenolic OH excluding ortho intramolecular Hbond substituents is 1. The number of allylic oxidation sites excluding steroid dienone is 3. The van der Waals surface area contributed by atoms with E-state index in [1.54, 1.807) is 36.7 Å². The monoisotopic (exact) mass is 383 g/mol. The normalized spacial score (nSPS) is 10.7. The molecule has 1 aromatic carbocycles. The van der Waals surface area contributed by atoms with Gasteiger partial charge in [-0.25, -0.2) is 0 Å². The summed E-state index contributed by atoms with van der Waals surface area (Å²) < 4.78 is 16.0. The van der Waals surface area contributed by atoms with E-state index in [4.69, 9.17) is 14.2 Å². The van der Waals surface area contributed by atoms with Crippen molar-refractivity contribution in [3.8, 4) is 17.2 Å². The van der Waals surface area contributed by atoms with Crippen LogP contribution in [-0.2, 0) is 11.2 Å². The first-order valence-electron chi connectivity index (χ1n) is 8.78. The zero-order valence-electron chi connectivity index (χ0n) is 16.6. The molecule has 28 heavy (non-hydrogen) atoms. The minimum atomic E-state index is -0.200. The Labute approximate surface area is 165 Å². The molecule has 0 spiro atoms. The zero-order chi connectivity index (χ0) is 20.5. The van der Waals surface area contributed by atoms with Gasteiger partial charge in [0.05, 0.1) is 12.7 Å². The van der Waals surface area contributed by atoms with Gasteiger partial charge >= 0.3 is 0 Å². The highest BCUT2D eigenvalue weighted by molar-refractivity contribution is 6.07. The van der Waals surface area contributed by atoms with E-state index < -0.39 is 0 Å². The van der Waals surface area contributed by atoms with Crippen molar-refractivity contribution in [3.05, 3.63) is 65.0 Å². The van der Waals surface area contributed by atoms with E-state index in [0.29, 0.717) is 34.6 Å². The summed E-state index contributed by atoms with van der Waals surface area (Å²) in [7, 11) is 3.02. The highest BCUT2D eigenvalue weighted by Crippen LogP contribution is 2.40.